The van der Waals surface area contributed by atoms with Gasteiger partial charge in [0.25, 0.3) is 11.7 Å². The van der Waals surface area contributed by atoms with Crippen LogP contribution in [0.15, 0.2) is 78.6 Å². The number of hydrogen-bond donors (Lipinski definition) is 1. The van der Waals surface area contributed by atoms with Gasteiger partial charge in [-0.25, -0.2) is 4.39 Å². The zero-order valence-corrected chi connectivity index (χ0v) is 15.9. The van der Waals surface area contributed by atoms with Crippen LogP contribution in [0.25, 0.3) is 5.76 Å². The van der Waals surface area contributed by atoms with Crippen LogP contribution >= 0.6 is 0 Å². The van der Waals surface area contributed by atoms with Crippen molar-refractivity contribution in [2.45, 2.75) is 6.04 Å². The minimum Gasteiger partial charge on any atom is -0.507 e. The molecule has 6 nitrogen and oxygen atoms in total. The van der Waals surface area contributed by atoms with E-state index in [9.17, 15) is 19.1 Å². The van der Waals surface area contributed by atoms with E-state index in [1.54, 1.807) is 42.5 Å². The lowest BCUT2D eigenvalue weighted by atomic mass is 9.95. The second kappa shape index (κ2) is 7.79. The molecule has 1 aliphatic heterocycles. The molecule has 0 aliphatic carbocycles. The van der Waals surface area contributed by atoms with E-state index in [2.05, 4.69) is 4.98 Å². The van der Waals surface area contributed by atoms with Crippen LogP contribution in [-0.2, 0) is 9.59 Å². The second-order valence-corrected chi connectivity index (χ2v) is 6.63. The smallest absolute Gasteiger partial charge is 0.300 e. The highest BCUT2D eigenvalue weighted by molar-refractivity contribution is 6.51. The Morgan fingerprint density at radius 2 is 1.77 bits per heavy atom. The van der Waals surface area contributed by atoms with E-state index in [1.165, 1.54) is 36.5 Å². The minimum absolute atomic E-state index is 0.0115. The Bertz CT molecular complexity index is 1150. The summed E-state index contributed by atoms with van der Waals surface area (Å²) in [5.74, 6) is -2.61. The highest BCUT2D eigenvalue weighted by Crippen LogP contribution is 2.43. The molecule has 7 heteroatoms. The Balaban J connectivity index is 1.98. The SMILES string of the molecule is COc1ccc(F)cc1/C(O)=C1\C(=O)C(=O)N(c2ccccc2)C1c1ccncc1. The first kappa shape index (κ1) is 19.3. The summed E-state index contributed by atoms with van der Waals surface area (Å²) in [6.07, 6.45) is 3.06. The molecular weight excluding hydrogens is 387 g/mol. The first-order valence-electron chi connectivity index (χ1n) is 9.13. The number of ketones is 1. The zero-order chi connectivity index (χ0) is 21.3. The van der Waals surface area contributed by atoms with Gasteiger partial charge in [0.2, 0.25) is 0 Å². The third-order valence-electron chi connectivity index (χ3n) is 4.92. The normalized spacial score (nSPS) is 17.9. The van der Waals surface area contributed by atoms with Crippen molar-refractivity contribution in [2.24, 2.45) is 0 Å². The van der Waals surface area contributed by atoms with E-state index in [0.717, 1.165) is 6.07 Å². The highest BCUT2D eigenvalue weighted by atomic mass is 19.1. The van der Waals surface area contributed by atoms with Crippen LogP contribution < -0.4 is 9.64 Å². The maximum absolute atomic E-state index is 13.9. The van der Waals surface area contributed by atoms with Gasteiger partial charge < -0.3 is 9.84 Å². The van der Waals surface area contributed by atoms with Crippen molar-refractivity contribution in [2.75, 3.05) is 12.0 Å². The van der Waals surface area contributed by atoms with Gasteiger partial charge in [-0.1, -0.05) is 18.2 Å². The number of aliphatic hydroxyl groups excluding tert-OH is 1. The van der Waals surface area contributed by atoms with Crippen LogP contribution in [-0.4, -0.2) is 28.9 Å². The van der Waals surface area contributed by atoms with Crippen LogP contribution in [0.2, 0.25) is 0 Å². The van der Waals surface area contributed by atoms with Gasteiger partial charge in [0.05, 0.1) is 24.3 Å². The number of nitrogens with zero attached hydrogens (tertiary/aromatic N) is 2. The number of halogens is 1. The van der Waals surface area contributed by atoms with Crippen molar-refractivity contribution in [3.05, 3.63) is 95.6 Å². The number of carbonyl (C=O) groups is 2. The van der Waals surface area contributed by atoms with Crippen molar-refractivity contribution in [1.82, 2.24) is 4.98 Å². The number of methoxy groups -OCH3 is 1. The van der Waals surface area contributed by atoms with Gasteiger partial charge in [-0.15, -0.1) is 0 Å². The molecule has 150 valence electrons. The van der Waals surface area contributed by atoms with Gasteiger partial charge >= 0.3 is 0 Å². The summed E-state index contributed by atoms with van der Waals surface area (Å²) in [5, 5.41) is 11.1. The number of aliphatic hydroxyl groups is 1. The molecular formula is C23H17FN2O4. The molecule has 2 heterocycles. The van der Waals surface area contributed by atoms with E-state index in [1.807, 2.05) is 0 Å². The third kappa shape index (κ3) is 3.20. The number of pyridine rings is 1. The summed E-state index contributed by atoms with van der Waals surface area (Å²) in [4.78, 5) is 31.3. The molecule has 1 N–H and O–H groups in total. The predicted octanol–water partition coefficient (Wildman–Crippen LogP) is 3.86. The van der Waals surface area contributed by atoms with Gasteiger partial charge in [0, 0.05) is 18.1 Å². The molecule has 0 radical (unpaired) electrons. The number of carbonyl (C=O) groups excluding carboxylic acids is 2. The fourth-order valence-electron chi connectivity index (χ4n) is 3.56. The first-order valence-corrected chi connectivity index (χ1v) is 9.13. The fourth-order valence-corrected chi connectivity index (χ4v) is 3.56. The van der Waals surface area contributed by atoms with Crippen LogP contribution in [0.5, 0.6) is 5.75 Å². The highest BCUT2D eigenvalue weighted by Gasteiger charge is 2.47. The zero-order valence-electron chi connectivity index (χ0n) is 15.9. The Morgan fingerprint density at radius 1 is 1.07 bits per heavy atom. The standard InChI is InChI=1S/C23H17FN2O4/c1-30-18-8-7-15(24)13-17(18)21(27)19-20(14-9-11-25-12-10-14)26(23(29)22(19)28)16-5-3-2-4-6-16/h2-13,20,27H,1H3/b21-19+. The van der Waals surface area contributed by atoms with Crippen molar-refractivity contribution in [3.8, 4) is 5.75 Å². The third-order valence-corrected chi connectivity index (χ3v) is 4.92. The van der Waals surface area contributed by atoms with Crippen molar-refractivity contribution < 1.29 is 23.8 Å². The van der Waals surface area contributed by atoms with Gasteiger partial charge in [0.15, 0.2) is 0 Å². The molecule has 3 aromatic rings. The monoisotopic (exact) mass is 404 g/mol. The summed E-state index contributed by atoms with van der Waals surface area (Å²) in [6.45, 7) is 0. The predicted molar refractivity (Wildman–Crippen MR) is 108 cm³/mol. The number of aromatic nitrogens is 1. The quantitative estimate of drug-likeness (QED) is 0.406. The number of amides is 1. The number of para-hydroxylation sites is 1. The van der Waals surface area contributed by atoms with E-state index in [4.69, 9.17) is 4.74 Å². The molecule has 0 spiro atoms. The molecule has 1 saturated heterocycles. The van der Waals surface area contributed by atoms with E-state index in [0.29, 0.717) is 11.3 Å². The average Bonchev–Trinajstić information content (AvgIpc) is 3.05. The van der Waals surface area contributed by atoms with Gasteiger partial charge in [-0.2, -0.15) is 0 Å². The van der Waals surface area contributed by atoms with Crippen molar-refractivity contribution in [3.63, 3.8) is 0 Å². The van der Waals surface area contributed by atoms with E-state index < -0.39 is 29.3 Å². The number of hydrogen-bond acceptors (Lipinski definition) is 5. The molecule has 0 saturated carbocycles. The molecule has 1 atom stereocenters. The van der Waals surface area contributed by atoms with Gasteiger partial charge in [0.1, 0.15) is 17.3 Å². The maximum Gasteiger partial charge on any atom is 0.300 e. The lowest BCUT2D eigenvalue weighted by Gasteiger charge is -2.25. The molecule has 1 unspecified atom stereocenters. The second-order valence-electron chi connectivity index (χ2n) is 6.63. The molecule has 1 aliphatic rings. The van der Waals surface area contributed by atoms with Crippen LogP contribution in [0.4, 0.5) is 10.1 Å². The van der Waals surface area contributed by atoms with Crippen LogP contribution in [0.3, 0.4) is 0 Å². The minimum atomic E-state index is -0.914. The van der Waals surface area contributed by atoms with E-state index >= 15 is 0 Å². The average molecular weight is 404 g/mol. The van der Waals surface area contributed by atoms with Crippen LogP contribution in [0, 0.1) is 5.82 Å². The molecule has 1 amide bonds. The number of benzene rings is 2. The molecule has 30 heavy (non-hydrogen) atoms. The van der Waals surface area contributed by atoms with E-state index in [-0.39, 0.29) is 16.9 Å². The molecule has 1 fully saturated rings. The fraction of sp³-hybridized carbons (Fsp3) is 0.0870. The number of rotatable bonds is 4. The Hall–Kier alpha value is -4.00. The van der Waals surface area contributed by atoms with Crippen molar-refractivity contribution in [1.29, 1.82) is 0 Å². The lowest BCUT2D eigenvalue weighted by molar-refractivity contribution is -0.132. The Labute approximate surface area is 171 Å². The summed E-state index contributed by atoms with van der Waals surface area (Å²) in [6, 6.07) is 14.7. The topological polar surface area (TPSA) is 79.7 Å². The summed E-state index contributed by atoms with van der Waals surface area (Å²) in [7, 11) is 1.37. The summed E-state index contributed by atoms with van der Waals surface area (Å²) in [5.41, 5.74) is 0.901. The number of ether oxygens (including phenoxy) is 1. The molecule has 1 aromatic heterocycles. The largest absolute Gasteiger partial charge is 0.507 e. The van der Waals surface area contributed by atoms with Gasteiger partial charge in [-0.05, 0) is 48.0 Å². The molecule has 0 bridgehead atoms. The number of Topliss-reactive ketones (excluding diaryl/α,β-unsaturated/α-hetero) is 1. The van der Waals surface area contributed by atoms with Crippen LogP contribution in [0.1, 0.15) is 17.2 Å². The summed E-state index contributed by atoms with van der Waals surface area (Å²) >= 11 is 0. The number of anilines is 1. The molecule has 4 rings (SSSR count). The lowest BCUT2D eigenvalue weighted by Crippen LogP contribution is -2.29. The maximum atomic E-state index is 13.9. The Kier molecular flexibility index (Phi) is 5.02. The van der Waals surface area contributed by atoms with Gasteiger partial charge in [-0.3, -0.25) is 19.5 Å². The Morgan fingerprint density at radius 3 is 2.43 bits per heavy atom. The first-order chi connectivity index (χ1) is 14.5. The molecule has 2 aromatic carbocycles. The van der Waals surface area contributed by atoms with Crippen molar-refractivity contribution >= 4 is 23.1 Å². The summed E-state index contributed by atoms with van der Waals surface area (Å²) < 4.78 is 19.1.